The summed E-state index contributed by atoms with van der Waals surface area (Å²) in [5.41, 5.74) is 0.908. The lowest BCUT2D eigenvalue weighted by Crippen LogP contribution is -2.47. The van der Waals surface area contributed by atoms with Crippen LogP contribution < -0.4 is 5.32 Å². The average molecular weight is 354 g/mol. The first kappa shape index (κ1) is 17.2. The number of aromatic nitrogens is 2. The van der Waals surface area contributed by atoms with Crippen LogP contribution in [0.5, 0.6) is 0 Å². The van der Waals surface area contributed by atoms with Gasteiger partial charge in [-0.05, 0) is 25.0 Å². The quantitative estimate of drug-likeness (QED) is 0.913. The van der Waals surface area contributed by atoms with Crippen molar-refractivity contribution in [2.24, 2.45) is 5.92 Å². The van der Waals surface area contributed by atoms with Crippen LogP contribution in [-0.4, -0.2) is 45.4 Å². The first-order chi connectivity index (χ1) is 11.9. The molecule has 0 saturated carbocycles. The number of alkyl halides is 3. The van der Waals surface area contributed by atoms with E-state index in [0.29, 0.717) is 5.82 Å². The Hall–Kier alpha value is -2.58. The van der Waals surface area contributed by atoms with Gasteiger partial charge in [0.2, 0.25) is 5.91 Å². The molecule has 0 radical (unpaired) electrons. The van der Waals surface area contributed by atoms with Crippen LogP contribution in [0.2, 0.25) is 0 Å². The summed E-state index contributed by atoms with van der Waals surface area (Å²) in [6.07, 6.45) is -0.892. The Labute approximate surface area is 141 Å². The van der Waals surface area contributed by atoms with E-state index in [2.05, 4.69) is 10.3 Å². The number of carbonyl (C=O) groups is 2. The predicted molar refractivity (Wildman–Crippen MR) is 82.4 cm³/mol. The lowest BCUT2D eigenvalue weighted by Gasteiger charge is -2.31. The molecule has 1 N–H and O–H groups in total. The van der Waals surface area contributed by atoms with Crippen LogP contribution >= 0.6 is 0 Å². The van der Waals surface area contributed by atoms with E-state index >= 15 is 0 Å². The first-order valence-electron chi connectivity index (χ1n) is 7.91. The lowest BCUT2D eigenvalue weighted by atomic mass is 9.96. The molecule has 9 heteroatoms. The molecule has 0 spiro atoms. The van der Waals surface area contributed by atoms with Crippen molar-refractivity contribution in [3.05, 3.63) is 36.4 Å². The second-order valence-corrected chi connectivity index (χ2v) is 5.95. The van der Waals surface area contributed by atoms with E-state index in [4.69, 9.17) is 0 Å². The van der Waals surface area contributed by atoms with Crippen molar-refractivity contribution < 1.29 is 22.8 Å². The zero-order chi connectivity index (χ0) is 18.0. The number of hydrogen-bond donors (Lipinski definition) is 1. The maximum absolute atomic E-state index is 12.4. The molecule has 3 rings (SSSR count). The van der Waals surface area contributed by atoms with E-state index < -0.39 is 18.0 Å². The summed E-state index contributed by atoms with van der Waals surface area (Å²) in [6, 6.07) is 5.63. The number of imidazole rings is 1. The summed E-state index contributed by atoms with van der Waals surface area (Å²) in [7, 11) is 0. The van der Waals surface area contributed by atoms with Gasteiger partial charge in [0.05, 0.1) is 18.3 Å². The Bertz CT molecular complexity index is 779. The van der Waals surface area contributed by atoms with E-state index in [1.165, 1.54) is 0 Å². The zero-order valence-corrected chi connectivity index (χ0v) is 13.3. The van der Waals surface area contributed by atoms with Gasteiger partial charge in [-0.15, -0.1) is 0 Å². The molecule has 25 heavy (non-hydrogen) atoms. The van der Waals surface area contributed by atoms with Gasteiger partial charge in [-0.2, -0.15) is 13.2 Å². The molecule has 2 aromatic rings. The van der Waals surface area contributed by atoms with Crippen LogP contribution in [0.4, 0.5) is 13.2 Å². The molecule has 1 fully saturated rings. The van der Waals surface area contributed by atoms with Crippen molar-refractivity contribution in [1.29, 1.82) is 0 Å². The van der Waals surface area contributed by atoms with Gasteiger partial charge < -0.3 is 14.6 Å². The van der Waals surface area contributed by atoms with Crippen molar-refractivity contribution in [2.45, 2.75) is 25.6 Å². The third-order valence-corrected chi connectivity index (χ3v) is 4.33. The highest BCUT2D eigenvalue weighted by molar-refractivity contribution is 5.83. The fourth-order valence-corrected chi connectivity index (χ4v) is 2.96. The van der Waals surface area contributed by atoms with Gasteiger partial charge >= 0.3 is 12.1 Å². The highest BCUT2D eigenvalue weighted by atomic mass is 19.4. The lowest BCUT2D eigenvalue weighted by molar-refractivity contribution is -0.186. The van der Waals surface area contributed by atoms with Crippen LogP contribution in [-0.2, 0) is 16.1 Å². The number of nitrogens with one attached hydrogen (secondary N) is 1. The van der Waals surface area contributed by atoms with Gasteiger partial charge in [-0.1, -0.05) is 6.07 Å². The van der Waals surface area contributed by atoms with Gasteiger partial charge in [0.15, 0.2) is 0 Å². The number of piperidine rings is 1. The third-order valence-electron chi connectivity index (χ3n) is 4.33. The van der Waals surface area contributed by atoms with Crippen LogP contribution in [0.15, 0.2) is 30.6 Å². The van der Waals surface area contributed by atoms with Crippen molar-refractivity contribution in [1.82, 2.24) is 19.6 Å². The smallest absolute Gasteiger partial charge is 0.349 e. The van der Waals surface area contributed by atoms with Crippen LogP contribution in [0.1, 0.15) is 18.7 Å². The van der Waals surface area contributed by atoms with E-state index in [1.54, 1.807) is 6.20 Å². The van der Waals surface area contributed by atoms with E-state index in [9.17, 15) is 22.8 Å². The molecule has 2 aromatic heterocycles. The molecule has 0 atom stereocenters. The van der Waals surface area contributed by atoms with E-state index in [-0.39, 0.29) is 38.4 Å². The van der Waals surface area contributed by atoms with Crippen molar-refractivity contribution >= 4 is 17.3 Å². The summed E-state index contributed by atoms with van der Waals surface area (Å²) < 4.78 is 39.1. The Morgan fingerprint density at radius 1 is 1.24 bits per heavy atom. The van der Waals surface area contributed by atoms with Gasteiger partial charge in [0, 0.05) is 25.2 Å². The molecule has 1 saturated heterocycles. The SMILES string of the molecule is O=C(NCc1ncc2ccccn12)C1CCN(C(=O)C(F)(F)F)CC1. The van der Waals surface area contributed by atoms with Crippen LogP contribution in [0, 0.1) is 5.92 Å². The number of fused-ring (bicyclic) bond motifs is 1. The average Bonchev–Trinajstić information content (AvgIpc) is 3.01. The number of carbonyl (C=O) groups excluding carboxylic acids is 2. The minimum atomic E-state index is -4.86. The number of amides is 2. The molecule has 6 nitrogen and oxygen atoms in total. The fourth-order valence-electron chi connectivity index (χ4n) is 2.96. The van der Waals surface area contributed by atoms with Crippen LogP contribution in [0.25, 0.3) is 5.52 Å². The monoisotopic (exact) mass is 354 g/mol. The summed E-state index contributed by atoms with van der Waals surface area (Å²) >= 11 is 0. The molecule has 0 unspecified atom stereocenters. The summed E-state index contributed by atoms with van der Waals surface area (Å²) in [4.78, 5) is 28.4. The molecule has 1 aliphatic heterocycles. The maximum Gasteiger partial charge on any atom is 0.471 e. The Morgan fingerprint density at radius 2 is 1.96 bits per heavy atom. The number of hydrogen-bond acceptors (Lipinski definition) is 3. The molecule has 3 heterocycles. The molecule has 134 valence electrons. The number of nitrogens with zero attached hydrogens (tertiary/aromatic N) is 3. The maximum atomic E-state index is 12.4. The molecule has 0 aromatic carbocycles. The van der Waals surface area contributed by atoms with E-state index in [1.807, 2.05) is 28.8 Å². The normalized spacial score (nSPS) is 16.2. The molecule has 0 aliphatic carbocycles. The number of halogens is 3. The Morgan fingerprint density at radius 3 is 2.64 bits per heavy atom. The van der Waals surface area contributed by atoms with Crippen LogP contribution in [0.3, 0.4) is 0 Å². The molecule has 2 amide bonds. The van der Waals surface area contributed by atoms with Gasteiger partial charge in [0.25, 0.3) is 0 Å². The minimum absolute atomic E-state index is 0.0667. The third kappa shape index (κ3) is 3.75. The first-order valence-corrected chi connectivity index (χ1v) is 7.91. The van der Waals surface area contributed by atoms with Gasteiger partial charge in [-0.3, -0.25) is 9.59 Å². The van der Waals surface area contributed by atoms with Crippen molar-refractivity contribution in [3.63, 3.8) is 0 Å². The number of rotatable bonds is 3. The minimum Gasteiger partial charge on any atom is -0.349 e. The van der Waals surface area contributed by atoms with Crippen molar-refractivity contribution in [3.8, 4) is 0 Å². The van der Waals surface area contributed by atoms with E-state index in [0.717, 1.165) is 10.4 Å². The molecule has 0 bridgehead atoms. The fraction of sp³-hybridized carbons (Fsp3) is 0.438. The summed E-state index contributed by atoms with van der Waals surface area (Å²) in [5, 5.41) is 2.77. The van der Waals surface area contributed by atoms with Gasteiger partial charge in [0.1, 0.15) is 5.82 Å². The predicted octanol–water partition coefficient (Wildman–Crippen LogP) is 1.75. The standard InChI is InChI=1S/C16H17F3N4O2/c17-16(18,19)15(25)22-7-4-11(5-8-22)14(24)21-10-13-20-9-12-3-1-2-6-23(12)13/h1-3,6,9,11H,4-5,7-8,10H2,(H,21,24). The summed E-state index contributed by atoms with van der Waals surface area (Å²) in [5.74, 6) is -1.79. The molecular weight excluding hydrogens is 337 g/mol. The van der Waals surface area contributed by atoms with Crippen molar-refractivity contribution in [2.75, 3.05) is 13.1 Å². The van der Waals surface area contributed by atoms with Gasteiger partial charge in [-0.25, -0.2) is 4.98 Å². The summed E-state index contributed by atoms with van der Waals surface area (Å²) in [6.45, 7) is 0.101. The second kappa shape index (κ2) is 6.73. The highest BCUT2D eigenvalue weighted by Crippen LogP contribution is 2.24. The number of pyridine rings is 1. The number of likely N-dealkylation sites (tertiary alicyclic amines) is 1. The second-order valence-electron chi connectivity index (χ2n) is 5.95. The topological polar surface area (TPSA) is 66.7 Å². The Balaban J connectivity index is 1.52. The molecular formula is C16H17F3N4O2. The Kier molecular flexibility index (Phi) is 4.65. The highest BCUT2D eigenvalue weighted by Gasteiger charge is 2.43. The molecule has 1 aliphatic rings. The zero-order valence-electron chi connectivity index (χ0n) is 13.3. The largest absolute Gasteiger partial charge is 0.471 e.